The predicted octanol–water partition coefficient (Wildman–Crippen LogP) is 2.69. The summed E-state index contributed by atoms with van der Waals surface area (Å²) in [7, 11) is -3.51. The molecule has 0 saturated carbocycles. The topological polar surface area (TPSA) is 109 Å². The smallest absolute Gasteiger partial charge is 0.309 e. The van der Waals surface area contributed by atoms with E-state index >= 15 is 0 Å². The second-order valence-electron chi connectivity index (χ2n) is 7.16. The third-order valence-corrected chi connectivity index (χ3v) is 8.46. The van der Waals surface area contributed by atoms with Crippen molar-refractivity contribution < 1.29 is 17.9 Å². The van der Waals surface area contributed by atoms with Gasteiger partial charge in [0.15, 0.2) is 11.9 Å². The van der Waals surface area contributed by atoms with Gasteiger partial charge < -0.3 is 9.72 Å². The molecule has 0 amide bonds. The molecule has 1 aliphatic rings. The minimum atomic E-state index is -3.51. The SMILES string of the molecule is C[C@@H](OC(=O)C1CCN(S(=O)(=O)c2cccs2)CC1)c1nc2ccccc2c(=O)[nH]1. The van der Waals surface area contributed by atoms with Crippen LogP contribution in [0.15, 0.2) is 50.8 Å². The number of hydrogen-bond donors (Lipinski definition) is 1. The molecule has 0 radical (unpaired) electrons. The normalized spacial score (nSPS) is 17.1. The number of fused-ring (bicyclic) bond motifs is 1. The Bertz CT molecular complexity index is 1210. The summed E-state index contributed by atoms with van der Waals surface area (Å²) in [6.45, 7) is 2.18. The minimum Gasteiger partial charge on any atom is -0.454 e. The van der Waals surface area contributed by atoms with Crippen LogP contribution in [0.3, 0.4) is 0 Å². The Morgan fingerprint density at radius 1 is 1.23 bits per heavy atom. The van der Waals surface area contributed by atoms with E-state index in [9.17, 15) is 18.0 Å². The average molecular weight is 448 g/mol. The van der Waals surface area contributed by atoms with Crippen molar-refractivity contribution in [3.8, 4) is 0 Å². The lowest BCUT2D eigenvalue weighted by atomic mass is 9.98. The molecule has 1 aromatic carbocycles. The number of nitrogens with one attached hydrogen (secondary N) is 1. The summed E-state index contributed by atoms with van der Waals surface area (Å²) in [6, 6.07) is 10.2. The van der Waals surface area contributed by atoms with E-state index in [0.717, 1.165) is 0 Å². The number of para-hydroxylation sites is 1. The van der Waals surface area contributed by atoms with Gasteiger partial charge in [-0.3, -0.25) is 9.59 Å². The van der Waals surface area contributed by atoms with Crippen LogP contribution < -0.4 is 5.56 Å². The number of carbonyl (C=O) groups is 1. The number of rotatable bonds is 5. The molecule has 1 atom stereocenters. The van der Waals surface area contributed by atoms with E-state index in [-0.39, 0.29) is 24.5 Å². The molecule has 3 heterocycles. The van der Waals surface area contributed by atoms with Gasteiger partial charge in [0, 0.05) is 13.1 Å². The predicted molar refractivity (Wildman–Crippen MR) is 113 cm³/mol. The van der Waals surface area contributed by atoms with Gasteiger partial charge in [-0.1, -0.05) is 18.2 Å². The molecule has 4 rings (SSSR count). The van der Waals surface area contributed by atoms with Crippen molar-refractivity contribution in [2.45, 2.75) is 30.1 Å². The summed E-state index contributed by atoms with van der Waals surface area (Å²) in [4.78, 5) is 31.9. The Morgan fingerprint density at radius 3 is 2.67 bits per heavy atom. The number of aromatic amines is 1. The van der Waals surface area contributed by atoms with E-state index in [1.807, 2.05) is 0 Å². The zero-order valence-corrected chi connectivity index (χ0v) is 17.9. The van der Waals surface area contributed by atoms with Crippen LogP contribution in [0.1, 0.15) is 31.7 Å². The first-order valence-corrected chi connectivity index (χ1v) is 11.9. The van der Waals surface area contributed by atoms with Crippen molar-refractivity contribution in [2.24, 2.45) is 5.92 Å². The van der Waals surface area contributed by atoms with Crippen LogP contribution in [0.5, 0.6) is 0 Å². The highest BCUT2D eigenvalue weighted by atomic mass is 32.2. The highest BCUT2D eigenvalue weighted by Gasteiger charge is 2.34. The van der Waals surface area contributed by atoms with Crippen molar-refractivity contribution in [1.29, 1.82) is 0 Å². The summed E-state index contributed by atoms with van der Waals surface area (Å²) in [5, 5.41) is 2.20. The maximum atomic E-state index is 12.6. The van der Waals surface area contributed by atoms with Gasteiger partial charge in [-0.2, -0.15) is 4.31 Å². The number of ether oxygens (including phenoxy) is 1. The molecule has 158 valence electrons. The van der Waals surface area contributed by atoms with E-state index in [4.69, 9.17) is 4.74 Å². The van der Waals surface area contributed by atoms with Gasteiger partial charge in [-0.25, -0.2) is 13.4 Å². The fourth-order valence-corrected chi connectivity index (χ4v) is 6.11. The molecule has 1 aliphatic heterocycles. The van der Waals surface area contributed by atoms with Crippen molar-refractivity contribution in [2.75, 3.05) is 13.1 Å². The first kappa shape index (κ1) is 20.7. The number of benzene rings is 1. The van der Waals surface area contributed by atoms with E-state index < -0.39 is 28.0 Å². The maximum Gasteiger partial charge on any atom is 0.309 e. The lowest BCUT2D eigenvalue weighted by Gasteiger charge is -2.30. The average Bonchev–Trinajstić information content (AvgIpc) is 3.29. The molecule has 10 heteroatoms. The fraction of sp³-hybridized carbons (Fsp3) is 0.350. The molecule has 0 bridgehead atoms. The van der Waals surface area contributed by atoms with Gasteiger partial charge >= 0.3 is 5.97 Å². The number of thiophene rings is 1. The second kappa shape index (κ2) is 8.29. The molecule has 2 aromatic heterocycles. The monoisotopic (exact) mass is 447 g/mol. The summed E-state index contributed by atoms with van der Waals surface area (Å²) in [5.74, 6) is -0.523. The molecular formula is C20H21N3O5S2. The molecule has 0 aliphatic carbocycles. The Kier molecular flexibility index (Phi) is 5.72. The number of aromatic nitrogens is 2. The first-order chi connectivity index (χ1) is 14.4. The number of carbonyl (C=O) groups excluding carboxylic acids is 1. The molecule has 1 N–H and O–H groups in total. The van der Waals surface area contributed by atoms with Crippen LogP contribution in [0, 0.1) is 5.92 Å². The fourth-order valence-electron chi connectivity index (χ4n) is 3.49. The third kappa shape index (κ3) is 4.03. The van der Waals surface area contributed by atoms with Crippen molar-refractivity contribution in [3.05, 3.63) is 58.0 Å². The standard InChI is InChI=1S/C20H21N3O5S2/c1-13(18-21-16-6-3-2-5-15(16)19(24)22-18)28-20(25)14-8-10-23(11-9-14)30(26,27)17-7-4-12-29-17/h2-7,12-14H,8-11H2,1H3,(H,21,22,24)/t13-/m1/s1. The van der Waals surface area contributed by atoms with E-state index in [0.29, 0.717) is 28.0 Å². The molecule has 3 aromatic rings. The van der Waals surface area contributed by atoms with Crippen LogP contribution in [-0.4, -0.2) is 41.7 Å². The van der Waals surface area contributed by atoms with Crippen molar-refractivity contribution in [1.82, 2.24) is 14.3 Å². The zero-order valence-electron chi connectivity index (χ0n) is 16.3. The maximum absolute atomic E-state index is 12.6. The zero-order chi connectivity index (χ0) is 21.3. The number of sulfonamides is 1. The molecule has 1 fully saturated rings. The third-order valence-electron chi connectivity index (χ3n) is 5.19. The van der Waals surface area contributed by atoms with E-state index in [1.54, 1.807) is 48.7 Å². The van der Waals surface area contributed by atoms with Gasteiger partial charge in [0.2, 0.25) is 0 Å². The van der Waals surface area contributed by atoms with Crippen LogP contribution in [0.2, 0.25) is 0 Å². The van der Waals surface area contributed by atoms with Crippen molar-refractivity contribution in [3.63, 3.8) is 0 Å². The van der Waals surface area contributed by atoms with Crippen LogP contribution in [-0.2, 0) is 19.6 Å². The van der Waals surface area contributed by atoms with Crippen LogP contribution in [0.4, 0.5) is 0 Å². The molecule has 0 spiro atoms. The van der Waals surface area contributed by atoms with Crippen molar-refractivity contribution >= 4 is 38.2 Å². The molecular weight excluding hydrogens is 426 g/mol. The Morgan fingerprint density at radius 2 is 1.97 bits per heavy atom. The van der Waals surface area contributed by atoms with E-state index in [2.05, 4.69) is 9.97 Å². The highest BCUT2D eigenvalue weighted by Crippen LogP contribution is 2.28. The van der Waals surface area contributed by atoms with Gasteiger partial charge in [-0.15, -0.1) is 11.3 Å². The number of piperidine rings is 1. The minimum absolute atomic E-state index is 0.263. The summed E-state index contributed by atoms with van der Waals surface area (Å²) < 4.78 is 32.5. The number of esters is 1. The van der Waals surface area contributed by atoms with Crippen LogP contribution in [0.25, 0.3) is 10.9 Å². The lowest BCUT2D eigenvalue weighted by Crippen LogP contribution is -2.40. The van der Waals surface area contributed by atoms with E-state index in [1.165, 1.54) is 15.6 Å². The van der Waals surface area contributed by atoms with Gasteiger partial charge in [0.05, 0.1) is 16.8 Å². The summed E-state index contributed by atoms with van der Waals surface area (Å²) >= 11 is 1.18. The lowest BCUT2D eigenvalue weighted by molar-refractivity contribution is -0.155. The Hall–Kier alpha value is -2.56. The number of H-pyrrole nitrogens is 1. The Labute approximate surface area is 177 Å². The molecule has 8 nitrogen and oxygen atoms in total. The highest BCUT2D eigenvalue weighted by molar-refractivity contribution is 7.91. The number of nitrogens with zero attached hydrogens (tertiary/aromatic N) is 2. The molecule has 0 unspecified atom stereocenters. The van der Waals surface area contributed by atoms with Gasteiger partial charge in [-0.05, 0) is 43.3 Å². The quantitative estimate of drug-likeness (QED) is 0.602. The number of hydrogen-bond acceptors (Lipinski definition) is 7. The van der Waals surface area contributed by atoms with Crippen LogP contribution >= 0.6 is 11.3 Å². The summed E-state index contributed by atoms with van der Waals surface area (Å²) in [6.07, 6.45) is 0.0537. The first-order valence-electron chi connectivity index (χ1n) is 9.59. The Balaban J connectivity index is 1.40. The van der Waals surface area contributed by atoms with Gasteiger partial charge in [0.25, 0.3) is 15.6 Å². The molecule has 30 heavy (non-hydrogen) atoms. The largest absolute Gasteiger partial charge is 0.454 e. The van der Waals surface area contributed by atoms with Gasteiger partial charge in [0.1, 0.15) is 4.21 Å². The molecule has 1 saturated heterocycles. The summed E-state index contributed by atoms with van der Waals surface area (Å²) in [5.41, 5.74) is 0.247. The second-order valence-corrected chi connectivity index (χ2v) is 10.3.